The van der Waals surface area contributed by atoms with Crippen LogP contribution in [-0.4, -0.2) is 93.2 Å². The third kappa shape index (κ3) is 8.98. The van der Waals surface area contributed by atoms with Crippen molar-refractivity contribution in [2.24, 2.45) is 11.8 Å². The molecule has 3 aromatic rings. The fourth-order valence-corrected chi connectivity index (χ4v) is 9.62. The van der Waals surface area contributed by atoms with E-state index < -0.39 is 53.5 Å². The van der Waals surface area contributed by atoms with E-state index in [0.29, 0.717) is 63.3 Å². The van der Waals surface area contributed by atoms with E-state index in [1.807, 2.05) is 24.4 Å². The number of alkyl carbamates (subject to hydrolysis) is 1. The predicted molar refractivity (Wildman–Crippen MR) is 226 cm³/mol. The molecule has 15 nitrogen and oxygen atoms in total. The number of fused-ring (bicyclic) bond motifs is 1. The summed E-state index contributed by atoms with van der Waals surface area (Å²) >= 11 is 1.30. The summed E-state index contributed by atoms with van der Waals surface area (Å²) in [4.78, 5) is 78.0. The minimum Gasteiger partial charge on any atom is -0.496 e. The summed E-state index contributed by atoms with van der Waals surface area (Å²) in [5, 5.41) is 21.4. The van der Waals surface area contributed by atoms with E-state index in [2.05, 4.69) is 29.1 Å². The number of rotatable bonds is 16. The van der Waals surface area contributed by atoms with Gasteiger partial charge in [0.2, 0.25) is 17.7 Å². The molecule has 4 amide bonds. The summed E-state index contributed by atoms with van der Waals surface area (Å²) < 4.78 is 18.1. The number of anilines is 1. The third-order valence-electron chi connectivity index (χ3n) is 12.3. The average molecular weight is 843 g/mol. The predicted octanol–water partition coefficient (Wildman–Crippen LogP) is 6.56. The molecule has 2 aromatic heterocycles. The maximum Gasteiger partial charge on any atom is 0.408 e. The molecule has 16 heteroatoms. The van der Waals surface area contributed by atoms with E-state index in [9.17, 15) is 29.1 Å². The van der Waals surface area contributed by atoms with Crippen molar-refractivity contribution in [2.75, 3.05) is 19.0 Å². The van der Waals surface area contributed by atoms with Crippen LogP contribution in [0.25, 0.3) is 22.3 Å². The number of hydrogen-bond donors (Lipinski definition) is 4. The molecular weight excluding hydrogens is 789 g/mol. The molecule has 0 spiro atoms. The number of amides is 4. The van der Waals surface area contributed by atoms with Gasteiger partial charge < -0.3 is 40.2 Å². The fraction of sp³-hybridized carbons (Fsp3) is 0.523. The molecule has 3 saturated carbocycles. The molecule has 1 aliphatic heterocycles. The number of aliphatic carboxylic acids is 1. The van der Waals surface area contributed by atoms with Gasteiger partial charge in [-0.3, -0.25) is 14.4 Å². The van der Waals surface area contributed by atoms with Crippen LogP contribution in [0.15, 0.2) is 48.4 Å². The maximum atomic E-state index is 14.5. The summed E-state index contributed by atoms with van der Waals surface area (Å²) in [7, 11) is 1.59. The van der Waals surface area contributed by atoms with Crippen molar-refractivity contribution < 1.29 is 43.3 Å². The lowest BCUT2D eigenvalue weighted by molar-refractivity contribution is -0.145. The Hall–Kier alpha value is -5.51. The summed E-state index contributed by atoms with van der Waals surface area (Å²) in [6.45, 7) is 11.2. The van der Waals surface area contributed by atoms with Gasteiger partial charge >= 0.3 is 12.1 Å². The first-order valence-corrected chi connectivity index (χ1v) is 21.8. The van der Waals surface area contributed by atoms with Crippen LogP contribution in [0.1, 0.15) is 90.0 Å². The lowest BCUT2D eigenvalue weighted by atomic mass is 10.0. The zero-order valence-electron chi connectivity index (χ0n) is 34.4. The first kappa shape index (κ1) is 42.6. The van der Waals surface area contributed by atoms with E-state index >= 15 is 0 Å². The van der Waals surface area contributed by atoms with Crippen molar-refractivity contribution in [3.8, 4) is 22.9 Å². The van der Waals surface area contributed by atoms with E-state index in [0.717, 1.165) is 56.9 Å². The number of hydrogen-bond acceptors (Lipinski definition) is 11. The van der Waals surface area contributed by atoms with Crippen molar-refractivity contribution in [1.29, 1.82) is 0 Å². The Labute approximate surface area is 353 Å². The molecule has 3 aliphatic carbocycles. The molecule has 0 radical (unpaired) electrons. The van der Waals surface area contributed by atoms with Crippen LogP contribution < -0.4 is 25.4 Å². The number of benzene rings is 1. The number of aromatic nitrogens is 2. The molecule has 5 atom stereocenters. The Morgan fingerprint density at radius 3 is 2.43 bits per heavy atom. The second-order valence-electron chi connectivity index (χ2n) is 16.5. The second kappa shape index (κ2) is 18.0. The Balaban J connectivity index is 1.19. The highest BCUT2D eigenvalue weighted by Crippen LogP contribution is 2.45. The highest BCUT2D eigenvalue weighted by atomic mass is 32.1. The zero-order valence-corrected chi connectivity index (χ0v) is 35.2. The van der Waals surface area contributed by atoms with Crippen LogP contribution >= 0.6 is 11.3 Å². The number of ether oxygens (including phenoxy) is 3. The quantitative estimate of drug-likeness (QED) is 0.114. The van der Waals surface area contributed by atoms with Gasteiger partial charge in [0.1, 0.15) is 47.0 Å². The van der Waals surface area contributed by atoms with Gasteiger partial charge in [-0.2, -0.15) is 0 Å². The Morgan fingerprint density at radius 1 is 1.05 bits per heavy atom. The molecule has 4 aliphatic rings. The van der Waals surface area contributed by atoms with Crippen LogP contribution in [0.5, 0.6) is 11.5 Å². The summed E-state index contributed by atoms with van der Waals surface area (Å²) in [5.41, 5.74) is 1.23. The molecule has 0 bridgehead atoms. The monoisotopic (exact) mass is 842 g/mol. The number of methoxy groups -OCH3 is 1. The molecule has 3 heterocycles. The van der Waals surface area contributed by atoms with Gasteiger partial charge in [-0.25, -0.2) is 19.6 Å². The topological polar surface area (TPSA) is 198 Å². The van der Waals surface area contributed by atoms with Crippen LogP contribution in [0, 0.1) is 11.8 Å². The number of carboxylic acid groups (broad SMARTS) is 1. The lowest BCUT2D eigenvalue weighted by Gasteiger charge is -2.29. The van der Waals surface area contributed by atoms with E-state index in [4.69, 9.17) is 24.2 Å². The van der Waals surface area contributed by atoms with Gasteiger partial charge in [0, 0.05) is 41.2 Å². The van der Waals surface area contributed by atoms with Crippen LogP contribution in [0.2, 0.25) is 0 Å². The minimum absolute atomic E-state index is 0.00523. The molecule has 0 unspecified atom stereocenters. The van der Waals surface area contributed by atoms with Crippen LogP contribution in [-0.2, 0) is 30.3 Å². The molecule has 4 fully saturated rings. The van der Waals surface area contributed by atoms with E-state index in [1.165, 1.54) is 22.3 Å². The summed E-state index contributed by atoms with van der Waals surface area (Å²) in [6, 6.07) is 3.04. The number of carboxylic acids is 1. The van der Waals surface area contributed by atoms with Crippen molar-refractivity contribution in [1.82, 2.24) is 25.5 Å². The third-order valence-corrected chi connectivity index (χ3v) is 13.0. The minimum atomic E-state index is -1.54. The number of likely N-dealkylation sites (tertiary alicyclic amines) is 1. The van der Waals surface area contributed by atoms with Gasteiger partial charge in [-0.1, -0.05) is 32.4 Å². The van der Waals surface area contributed by atoms with Gasteiger partial charge in [-0.05, 0) is 81.9 Å². The number of thiazole rings is 1. The molecule has 60 heavy (non-hydrogen) atoms. The number of carbonyl (C=O) groups excluding carboxylic acids is 4. The highest BCUT2D eigenvalue weighted by Gasteiger charge is 2.61. The first-order valence-electron chi connectivity index (χ1n) is 20.9. The fourth-order valence-electron chi connectivity index (χ4n) is 8.90. The van der Waals surface area contributed by atoms with Crippen LogP contribution in [0.3, 0.4) is 0 Å². The molecule has 4 N–H and O–H groups in total. The van der Waals surface area contributed by atoms with Crippen molar-refractivity contribution in [2.45, 2.75) is 121 Å². The SMILES string of the molecule is C=C[C@@H]1C[C@]1(NC(=O)[C@@H]1C[C@@H](Oc2cc(-c3csc(NC(=O)CC4CCCC4)n3)nc3c(CC)c(OC)ccc23)CN1C(=O)[C@@H](NC(=O)OC1CCCC1)C(=C)C)C(=O)O. The number of carbonyl (C=O) groups is 5. The number of nitrogens with zero attached hydrogens (tertiary/aromatic N) is 3. The van der Waals surface area contributed by atoms with Gasteiger partial charge in [0.05, 0.1) is 24.9 Å². The average Bonchev–Trinajstić information content (AvgIpc) is 3.86. The normalized spacial score (nSPS) is 23.2. The summed E-state index contributed by atoms with van der Waals surface area (Å²) in [5.74, 6) is -1.58. The maximum absolute atomic E-state index is 14.5. The Kier molecular flexibility index (Phi) is 12.8. The zero-order chi connectivity index (χ0) is 42.7. The standard InChI is InChI=1S/C44H54N6O9S/c1-6-26-21-44(26,41(54)55)49-39(52)33-19-28(22-50(33)40(53)37(24(3)4)48-43(56)59-27-14-10-11-15-27)58-35-20-31(45-38-29(7-2)34(57-5)17-16-30(35)38)32-23-60-42(46-32)47-36(51)18-25-12-8-9-13-25/h6,16-17,20,23,25-28,33,37H,1,3,7-15,18-19,21-22H2,2,4-5H3,(H,48,56)(H,49,52)(H,54,55)(H,46,47,51)/t26-,28-,33+,37+,44-/m1/s1. The van der Waals surface area contributed by atoms with Crippen molar-refractivity contribution in [3.05, 3.63) is 53.9 Å². The number of pyridine rings is 1. The molecule has 1 saturated heterocycles. The van der Waals surface area contributed by atoms with Gasteiger partial charge in [-0.15, -0.1) is 17.9 Å². The van der Waals surface area contributed by atoms with Crippen molar-refractivity contribution >= 4 is 57.2 Å². The van der Waals surface area contributed by atoms with Gasteiger partial charge in [0.25, 0.3) is 0 Å². The highest BCUT2D eigenvalue weighted by molar-refractivity contribution is 7.14. The van der Waals surface area contributed by atoms with E-state index in [-0.39, 0.29) is 31.4 Å². The molecule has 320 valence electrons. The molecule has 7 rings (SSSR count). The lowest BCUT2D eigenvalue weighted by Crippen LogP contribution is -2.56. The summed E-state index contributed by atoms with van der Waals surface area (Å²) in [6.07, 6.45) is 8.72. The van der Waals surface area contributed by atoms with E-state index in [1.54, 1.807) is 20.1 Å². The smallest absolute Gasteiger partial charge is 0.408 e. The first-order chi connectivity index (χ1) is 28.8. The molecular formula is C44H54N6O9S. The second-order valence-corrected chi connectivity index (χ2v) is 17.3. The number of nitrogens with one attached hydrogen (secondary N) is 3. The largest absolute Gasteiger partial charge is 0.496 e. The van der Waals surface area contributed by atoms with Gasteiger partial charge in [0.15, 0.2) is 5.13 Å². The Bertz CT molecular complexity index is 2180. The van der Waals surface area contributed by atoms with Crippen LogP contribution in [0.4, 0.5) is 9.93 Å². The molecule has 1 aromatic carbocycles. The number of aryl methyl sites for hydroxylation is 1. The van der Waals surface area contributed by atoms with Crippen molar-refractivity contribution in [3.63, 3.8) is 0 Å². The Morgan fingerprint density at radius 2 is 1.78 bits per heavy atom.